The van der Waals surface area contributed by atoms with Crippen LogP contribution in [0, 0.1) is 41.5 Å². The van der Waals surface area contributed by atoms with Crippen LogP contribution < -0.4 is 31.8 Å². The maximum absolute atomic E-state index is 9.00. The quantitative estimate of drug-likeness (QED) is 0.0997. The molecule has 0 saturated carbocycles. The molecule has 6 rings (SSSR count). The minimum Gasteiger partial charge on any atom is -0.481 e. The van der Waals surface area contributed by atoms with Gasteiger partial charge in [-0.25, -0.2) is 0 Å². The first-order valence-corrected chi connectivity index (χ1v) is 19.5. The molecule has 0 radical (unpaired) electrons. The number of hydrogen-bond donors (Lipinski definition) is 2. The summed E-state index contributed by atoms with van der Waals surface area (Å²) in [5.41, 5.74) is 7.43. The summed E-state index contributed by atoms with van der Waals surface area (Å²) in [7, 11) is -1.11. The van der Waals surface area contributed by atoms with Gasteiger partial charge in [-0.15, -0.1) is 34.9 Å². The van der Waals surface area contributed by atoms with Crippen LogP contribution in [-0.2, 0) is 50.4 Å². The van der Waals surface area contributed by atoms with E-state index in [4.69, 9.17) is 19.8 Å². The second-order valence-corrected chi connectivity index (χ2v) is 16.7. The van der Waals surface area contributed by atoms with Gasteiger partial charge in [0.1, 0.15) is 0 Å². The molecule has 0 aliphatic heterocycles. The number of aliphatic carboxylic acids is 2. The fraction of sp³-hybridized carbons (Fsp3) is 0.130. The van der Waals surface area contributed by atoms with Gasteiger partial charge >= 0.3 is 0 Å². The van der Waals surface area contributed by atoms with Crippen LogP contribution in [0.1, 0.15) is 47.2 Å². The van der Waals surface area contributed by atoms with Crippen LogP contribution in [0.25, 0.3) is 0 Å². The van der Waals surface area contributed by atoms with Crippen molar-refractivity contribution in [3.63, 3.8) is 0 Å². The summed E-state index contributed by atoms with van der Waals surface area (Å²) in [6, 6.07) is 52.6. The zero-order valence-electron chi connectivity index (χ0n) is 31.5. The van der Waals surface area contributed by atoms with Crippen LogP contribution in [0.2, 0.25) is 0 Å². The molecule has 54 heavy (non-hydrogen) atoms. The number of rotatable bonds is 6. The molecule has 0 spiro atoms. The summed E-state index contributed by atoms with van der Waals surface area (Å²) < 4.78 is 0. The molecule has 2 N–H and O–H groups in total. The molecule has 0 unspecified atom stereocenters. The average molecular weight is 940 g/mol. The third kappa shape index (κ3) is 15.9. The molecule has 0 aliphatic rings. The molecule has 288 valence electrons. The van der Waals surface area contributed by atoms with E-state index < -0.39 is 27.8 Å². The molecule has 0 saturated heterocycles. The number of carboxylic acid groups (broad SMARTS) is 2. The van der Waals surface area contributed by atoms with E-state index in [-0.39, 0.29) is 40.8 Å². The van der Waals surface area contributed by atoms with E-state index >= 15 is 0 Å². The summed E-state index contributed by atoms with van der Waals surface area (Å²) >= 11 is 0. The Hall–Kier alpha value is -3.82. The largest absolute Gasteiger partial charge is 0.481 e. The predicted octanol–water partition coefficient (Wildman–Crippen LogP) is 8.66. The second kappa shape index (κ2) is 24.6. The molecular formula is C46H48O4P2Pd2-2. The van der Waals surface area contributed by atoms with Gasteiger partial charge in [0.15, 0.2) is 0 Å². The number of aryl methyl sites for hydroxylation is 4. The minimum absolute atomic E-state index is 0. The number of benzene rings is 6. The van der Waals surface area contributed by atoms with E-state index in [1.807, 2.05) is 0 Å². The van der Waals surface area contributed by atoms with Crippen molar-refractivity contribution in [1.82, 2.24) is 0 Å². The Labute approximate surface area is 352 Å². The van der Waals surface area contributed by atoms with Crippen LogP contribution in [0.5, 0.6) is 0 Å². The van der Waals surface area contributed by atoms with E-state index in [2.05, 4.69) is 187 Å². The standard InChI is InChI=1S/2C21H20P.2C2H4O2.2Pd/c2*1-16-8-12-19(13-9-16)22(20-14-10-17(2)11-15-20)21-7-5-4-6-18(21)3;2*1-2(3)4;;/h2*4-15H,3H2,1-2H3;2*1H3,(H,3,4);;/q2*-1;;;;. The van der Waals surface area contributed by atoms with E-state index in [0.29, 0.717) is 0 Å². The summed E-state index contributed by atoms with van der Waals surface area (Å²) in [5.74, 6) is -1.67. The molecule has 0 aromatic heterocycles. The first-order valence-electron chi connectivity index (χ1n) is 16.8. The molecule has 0 fully saturated rings. The normalized spacial score (nSPS) is 9.78. The first kappa shape index (κ1) is 48.2. The third-order valence-electron chi connectivity index (χ3n) is 7.63. The third-order valence-corrected chi connectivity index (χ3v) is 12.7. The van der Waals surface area contributed by atoms with Gasteiger partial charge in [0.2, 0.25) is 0 Å². The fourth-order valence-electron chi connectivity index (χ4n) is 5.09. The van der Waals surface area contributed by atoms with E-state index in [1.165, 1.54) is 54.1 Å². The smallest absolute Gasteiger partial charge is 0.300 e. The molecule has 0 amide bonds. The second-order valence-electron chi connectivity index (χ2n) is 12.3. The topological polar surface area (TPSA) is 74.6 Å². The molecule has 0 heterocycles. The zero-order chi connectivity index (χ0) is 38.2. The molecule has 0 atom stereocenters. The Morgan fingerprint density at radius 1 is 0.407 bits per heavy atom. The van der Waals surface area contributed by atoms with Crippen LogP contribution in [-0.4, -0.2) is 22.2 Å². The van der Waals surface area contributed by atoms with Gasteiger partial charge in [-0.2, -0.15) is 37.1 Å². The predicted molar refractivity (Wildman–Crippen MR) is 225 cm³/mol. The monoisotopic (exact) mass is 938 g/mol. The van der Waals surface area contributed by atoms with Gasteiger partial charge in [-0.05, 0) is 48.9 Å². The van der Waals surface area contributed by atoms with Crippen molar-refractivity contribution in [3.05, 3.63) is 193 Å². The Kier molecular flexibility index (Phi) is 21.9. The number of hydrogen-bond acceptors (Lipinski definition) is 2. The molecular weight excluding hydrogens is 891 g/mol. The van der Waals surface area contributed by atoms with Crippen molar-refractivity contribution < 1.29 is 60.6 Å². The van der Waals surface area contributed by atoms with E-state index in [9.17, 15) is 0 Å². The van der Waals surface area contributed by atoms with Crippen LogP contribution in [0.4, 0.5) is 0 Å². The van der Waals surface area contributed by atoms with Crippen LogP contribution in [0.15, 0.2) is 146 Å². The van der Waals surface area contributed by atoms with Crippen LogP contribution >= 0.6 is 15.8 Å². The maximum Gasteiger partial charge on any atom is 0.300 e. The fourth-order valence-corrected chi connectivity index (χ4v) is 9.78. The molecule has 8 heteroatoms. The SMILES string of the molecule is CC(=O)O.CC(=O)O.[CH2-]c1ccccc1P(c1ccc(C)cc1)c1ccc(C)cc1.[CH2-]c1ccccc1P(c1ccc(C)cc1)c1ccc(C)cc1.[Pd].[Pd]. The summed E-state index contributed by atoms with van der Waals surface area (Å²) in [6.07, 6.45) is 0. The Bertz CT molecular complexity index is 1770. The van der Waals surface area contributed by atoms with E-state index in [1.54, 1.807) is 0 Å². The van der Waals surface area contributed by atoms with Gasteiger partial charge < -0.3 is 10.2 Å². The van der Waals surface area contributed by atoms with Crippen molar-refractivity contribution in [2.24, 2.45) is 0 Å². The van der Waals surface area contributed by atoms with Crippen molar-refractivity contribution in [2.45, 2.75) is 41.5 Å². The Morgan fingerprint density at radius 3 is 0.778 bits per heavy atom. The van der Waals surface area contributed by atoms with E-state index in [0.717, 1.165) is 25.0 Å². The average Bonchev–Trinajstić information content (AvgIpc) is 3.10. The van der Waals surface area contributed by atoms with Gasteiger partial charge in [0.05, 0.1) is 0 Å². The Morgan fingerprint density at radius 2 is 0.593 bits per heavy atom. The van der Waals surface area contributed by atoms with Crippen molar-refractivity contribution in [2.75, 3.05) is 0 Å². The van der Waals surface area contributed by atoms with Crippen molar-refractivity contribution in [1.29, 1.82) is 0 Å². The molecule has 4 nitrogen and oxygen atoms in total. The van der Waals surface area contributed by atoms with Crippen molar-refractivity contribution in [3.8, 4) is 0 Å². The van der Waals surface area contributed by atoms with Crippen molar-refractivity contribution >= 4 is 59.6 Å². The van der Waals surface area contributed by atoms with Gasteiger partial charge in [0.25, 0.3) is 11.9 Å². The molecule has 0 bridgehead atoms. The number of carbonyl (C=O) groups is 2. The number of carboxylic acids is 2. The zero-order valence-corrected chi connectivity index (χ0v) is 36.4. The van der Waals surface area contributed by atoms with Gasteiger partial charge in [-0.3, -0.25) is 9.59 Å². The first-order chi connectivity index (χ1) is 24.8. The molecule has 6 aromatic rings. The Balaban J connectivity index is 0.000000437. The molecule has 6 aromatic carbocycles. The van der Waals surface area contributed by atoms with Gasteiger partial charge in [0, 0.05) is 54.7 Å². The van der Waals surface area contributed by atoms with Crippen LogP contribution in [0.3, 0.4) is 0 Å². The maximum atomic E-state index is 9.00. The molecule has 0 aliphatic carbocycles. The summed E-state index contributed by atoms with van der Waals surface area (Å²) in [5, 5.41) is 23.0. The summed E-state index contributed by atoms with van der Waals surface area (Å²) in [6.45, 7) is 19.2. The summed E-state index contributed by atoms with van der Waals surface area (Å²) in [4.78, 5) is 18.0. The van der Waals surface area contributed by atoms with Gasteiger partial charge in [-0.1, -0.05) is 147 Å². The minimum atomic E-state index is -0.833.